The molecule has 4 aromatic rings. The van der Waals surface area contributed by atoms with E-state index in [-0.39, 0.29) is 5.91 Å². The minimum Gasteiger partial charge on any atom is -0.407 e. The average Bonchev–Trinajstić information content (AvgIpc) is 3.03. The maximum Gasteiger partial charge on any atom is 0.309 e. The molecule has 0 spiro atoms. The molecule has 0 unspecified atom stereocenters. The second-order valence-corrected chi connectivity index (χ2v) is 7.29. The third kappa shape index (κ3) is 3.13. The Labute approximate surface area is 178 Å². The van der Waals surface area contributed by atoms with Crippen LogP contribution in [-0.4, -0.2) is 37.8 Å². The van der Waals surface area contributed by atoms with Crippen LogP contribution in [0.5, 0.6) is 5.88 Å². The van der Waals surface area contributed by atoms with Gasteiger partial charge in [-0.05, 0) is 18.6 Å². The number of imidazole rings is 1. The highest BCUT2D eigenvalue weighted by Crippen LogP contribution is 2.38. The average molecular weight is 413 g/mol. The number of rotatable bonds is 2. The zero-order valence-electron chi connectivity index (χ0n) is 17.1. The monoisotopic (exact) mass is 413 g/mol. The van der Waals surface area contributed by atoms with Gasteiger partial charge in [0.15, 0.2) is 0 Å². The molecule has 1 aliphatic rings. The Hall–Kier alpha value is -4.07. The molecule has 0 N–H and O–H groups in total. The summed E-state index contributed by atoms with van der Waals surface area (Å²) in [4.78, 5) is 39.7. The van der Waals surface area contributed by atoms with Crippen molar-refractivity contribution in [3.05, 3.63) is 60.6 Å². The SMILES string of the molecule is CC(=O)Oc1c(-c2ccccc2)nc2c3c(ncn12)-c1cccnc1N(C(C)=O)CC3. The standard InChI is InChI=1S/C23H19N5O3/c1-14(29)27-12-10-18-20(17-9-6-11-24-21(17)27)25-13-28-22(18)26-19(23(28)31-15(2)30)16-7-4-3-5-8-16/h3-9,11,13H,10,12H2,1-2H3. The lowest BCUT2D eigenvalue weighted by Crippen LogP contribution is -2.30. The van der Waals surface area contributed by atoms with Gasteiger partial charge in [0.2, 0.25) is 11.8 Å². The topological polar surface area (TPSA) is 89.7 Å². The van der Waals surface area contributed by atoms with Crippen molar-refractivity contribution in [1.29, 1.82) is 0 Å². The number of anilines is 1. The number of hydrogen-bond donors (Lipinski definition) is 0. The van der Waals surface area contributed by atoms with E-state index in [1.165, 1.54) is 13.8 Å². The fourth-order valence-corrected chi connectivity index (χ4v) is 3.95. The molecule has 1 aromatic carbocycles. The first-order valence-electron chi connectivity index (χ1n) is 9.92. The lowest BCUT2D eigenvalue weighted by Gasteiger charge is -2.19. The Morgan fingerprint density at radius 3 is 2.55 bits per heavy atom. The fraction of sp³-hybridized carbons (Fsp3) is 0.174. The van der Waals surface area contributed by atoms with Gasteiger partial charge < -0.3 is 4.74 Å². The van der Waals surface area contributed by atoms with Crippen LogP contribution in [0.4, 0.5) is 5.82 Å². The Bertz CT molecular complexity index is 1330. The van der Waals surface area contributed by atoms with Gasteiger partial charge in [0.1, 0.15) is 23.5 Å². The summed E-state index contributed by atoms with van der Waals surface area (Å²) in [6, 6.07) is 13.3. The fourth-order valence-electron chi connectivity index (χ4n) is 3.95. The van der Waals surface area contributed by atoms with E-state index < -0.39 is 5.97 Å². The van der Waals surface area contributed by atoms with Gasteiger partial charge in [-0.1, -0.05) is 30.3 Å². The first kappa shape index (κ1) is 18.9. The van der Waals surface area contributed by atoms with Gasteiger partial charge in [-0.3, -0.25) is 18.9 Å². The number of carbonyl (C=O) groups is 2. The minimum absolute atomic E-state index is 0.0855. The number of carbonyl (C=O) groups excluding carboxylic acids is 2. The Kier molecular flexibility index (Phi) is 4.47. The molecule has 0 aliphatic carbocycles. The van der Waals surface area contributed by atoms with Crippen molar-refractivity contribution in [2.45, 2.75) is 20.3 Å². The number of ether oxygens (including phenoxy) is 1. The van der Waals surface area contributed by atoms with Crippen LogP contribution in [0, 0.1) is 0 Å². The number of aromatic nitrogens is 4. The zero-order chi connectivity index (χ0) is 21.5. The number of benzene rings is 1. The van der Waals surface area contributed by atoms with Crippen LogP contribution in [0.2, 0.25) is 0 Å². The van der Waals surface area contributed by atoms with Gasteiger partial charge in [-0.15, -0.1) is 0 Å². The van der Waals surface area contributed by atoms with Crippen molar-refractivity contribution in [2.24, 2.45) is 0 Å². The number of hydrogen-bond acceptors (Lipinski definition) is 6. The van der Waals surface area contributed by atoms with Crippen molar-refractivity contribution in [3.63, 3.8) is 0 Å². The van der Waals surface area contributed by atoms with Crippen LogP contribution < -0.4 is 9.64 Å². The molecule has 0 radical (unpaired) electrons. The normalized spacial score (nSPS) is 12.8. The van der Waals surface area contributed by atoms with E-state index in [9.17, 15) is 9.59 Å². The molecule has 0 saturated heterocycles. The van der Waals surface area contributed by atoms with Crippen LogP contribution in [0.3, 0.4) is 0 Å². The molecule has 154 valence electrons. The molecule has 0 atom stereocenters. The van der Waals surface area contributed by atoms with Crippen molar-refractivity contribution in [3.8, 4) is 28.4 Å². The van der Waals surface area contributed by atoms with E-state index in [2.05, 4.69) is 9.97 Å². The third-order valence-electron chi connectivity index (χ3n) is 5.28. The summed E-state index contributed by atoms with van der Waals surface area (Å²) in [5.74, 6) is 0.382. The Morgan fingerprint density at radius 2 is 1.81 bits per heavy atom. The van der Waals surface area contributed by atoms with E-state index in [1.807, 2.05) is 42.5 Å². The van der Waals surface area contributed by atoms with E-state index in [0.717, 1.165) is 22.4 Å². The summed E-state index contributed by atoms with van der Waals surface area (Å²) in [5.41, 5.74) is 4.39. The Morgan fingerprint density at radius 1 is 1.00 bits per heavy atom. The number of nitrogens with zero attached hydrogens (tertiary/aromatic N) is 5. The second-order valence-electron chi connectivity index (χ2n) is 7.29. The molecule has 5 rings (SSSR count). The summed E-state index contributed by atoms with van der Waals surface area (Å²) < 4.78 is 7.25. The van der Waals surface area contributed by atoms with Gasteiger partial charge in [-0.2, -0.15) is 0 Å². The molecule has 8 nitrogen and oxygen atoms in total. The van der Waals surface area contributed by atoms with Crippen LogP contribution >= 0.6 is 0 Å². The minimum atomic E-state index is -0.439. The maximum atomic E-state index is 12.3. The second kappa shape index (κ2) is 7.32. The van der Waals surface area contributed by atoms with Gasteiger partial charge in [0, 0.05) is 43.3 Å². The van der Waals surface area contributed by atoms with Gasteiger partial charge in [0.05, 0.1) is 5.69 Å². The van der Waals surface area contributed by atoms with Gasteiger partial charge in [-0.25, -0.2) is 15.0 Å². The van der Waals surface area contributed by atoms with Crippen molar-refractivity contribution in [2.75, 3.05) is 11.4 Å². The number of amides is 1. The number of pyridine rings is 1. The summed E-state index contributed by atoms with van der Waals surface area (Å²) in [6.07, 6.45) is 3.81. The van der Waals surface area contributed by atoms with Crippen molar-refractivity contribution in [1.82, 2.24) is 19.4 Å². The van der Waals surface area contributed by atoms with E-state index in [0.29, 0.717) is 36.0 Å². The predicted molar refractivity (Wildman–Crippen MR) is 115 cm³/mol. The first-order valence-corrected chi connectivity index (χ1v) is 9.92. The molecule has 31 heavy (non-hydrogen) atoms. The lowest BCUT2D eigenvalue weighted by molar-refractivity contribution is -0.132. The summed E-state index contributed by atoms with van der Waals surface area (Å²) in [5, 5.41) is 0. The highest BCUT2D eigenvalue weighted by atomic mass is 16.5. The molecule has 4 heterocycles. The predicted octanol–water partition coefficient (Wildman–Crippen LogP) is 3.29. The zero-order valence-corrected chi connectivity index (χ0v) is 17.1. The summed E-state index contributed by atoms with van der Waals surface area (Å²) in [6.45, 7) is 3.33. The van der Waals surface area contributed by atoms with Gasteiger partial charge >= 0.3 is 5.97 Å². The first-order chi connectivity index (χ1) is 15.0. The molecule has 0 bridgehead atoms. The molecular weight excluding hydrogens is 394 g/mol. The maximum absolute atomic E-state index is 12.3. The highest BCUT2D eigenvalue weighted by Gasteiger charge is 2.28. The largest absolute Gasteiger partial charge is 0.407 e. The van der Waals surface area contributed by atoms with Crippen molar-refractivity contribution < 1.29 is 14.3 Å². The van der Waals surface area contributed by atoms with E-state index in [4.69, 9.17) is 9.72 Å². The molecule has 8 heteroatoms. The summed E-state index contributed by atoms with van der Waals surface area (Å²) >= 11 is 0. The quantitative estimate of drug-likeness (QED) is 0.469. The lowest BCUT2D eigenvalue weighted by atomic mass is 10.1. The van der Waals surface area contributed by atoms with Gasteiger partial charge in [0.25, 0.3) is 0 Å². The Balaban J connectivity index is 1.79. The molecule has 1 aliphatic heterocycles. The van der Waals surface area contributed by atoms with Crippen LogP contribution in [0.1, 0.15) is 19.4 Å². The smallest absolute Gasteiger partial charge is 0.309 e. The van der Waals surface area contributed by atoms with Crippen LogP contribution in [0.15, 0.2) is 55.0 Å². The summed E-state index contributed by atoms with van der Waals surface area (Å²) in [7, 11) is 0. The van der Waals surface area contributed by atoms with Crippen LogP contribution in [0.25, 0.3) is 28.2 Å². The molecule has 3 aromatic heterocycles. The molecule has 0 fully saturated rings. The van der Waals surface area contributed by atoms with Crippen molar-refractivity contribution >= 4 is 23.3 Å². The molecule has 1 amide bonds. The van der Waals surface area contributed by atoms with Crippen LogP contribution in [-0.2, 0) is 16.0 Å². The number of esters is 1. The molecular formula is C23H19N5O3. The van der Waals surface area contributed by atoms with E-state index in [1.54, 1.807) is 21.8 Å². The highest BCUT2D eigenvalue weighted by molar-refractivity contribution is 5.96. The third-order valence-corrected chi connectivity index (χ3v) is 5.28. The number of fused-ring (bicyclic) bond motifs is 5. The van der Waals surface area contributed by atoms with E-state index >= 15 is 0 Å². The molecule has 0 saturated carbocycles.